The summed E-state index contributed by atoms with van der Waals surface area (Å²) in [5, 5.41) is 9.35. The Hall–Kier alpha value is -3.04. The van der Waals surface area contributed by atoms with Crippen LogP contribution in [-0.2, 0) is 30.6 Å². The van der Waals surface area contributed by atoms with E-state index in [0.29, 0.717) is 30.9 Å². The highest BCUT2D eigenvalue weighted by atomic mass is 19.4. The molecule has 1 N–H and O–H groups in total. The van der Waals surface area contributed by atoms with E-state index in [2.05, 4.69) is 4.98 Å². The van der Waals surface area contributed by atoms with Crippen molar-refractivity contribution in [1.29, 1.82) is 0 Å². The highest BCUT2D eigenvalue weighted by molar-refractivity contribution is 6.00. The first-order chi connectivity index (χ1) is 13.7. The minimum absolute atomic E-state index is 0.202. The largest absolute Gasteiger partial charge is 0.480 e. The zero-order valence-electron chi connectivity index (χ0n) is 15.6. The van der Waals surface area contributed by atoms with Crippen LogP contribution in [0.2, 0.25) is 0 Å². The van der Waals surface area contributed by atoms with E-state index in [1.54, 1.807) is 19.1 Å². The number of fused-ring (bicyclic) bond motifs is 2. The van der Waals surface area contributed by atoms with Crippen molar-refractivity contribution in [1.82, 2.24) is 14.5 Å². The summed E-state index contributed by atoms with van der Waals surface area (Å²) < 4.78 is 40.2. The van der Waals surface area contributed by atoms with Crippen LogP contribution in [0.4, 0.5) is 18.9 Å². The van der Waals surface area contributed by atoms with E-state index in [0.717, 1.165) is 17.4 Å². The van der Waals surface area contributed by atoms with Gasteiger partial charge in [0.25, 0.3) is 5.91 Å². The Labute approximate surface area is 164 Å². The van der Waals surface area contributed by atoms with Crippen molar-refractivity contribution in [2.45, 2.75) is 45.2 Å². The number of rotatable bonds is 4. The number of amides is 1. The second-order valence-corrected chi connectivity index (χ2v) is 7.19. The molecule has 10 heteroatoms. The number of carbonyl (C=O) groups excluding carboxylic acids is 1. The number of hydrogen-bond acceptors (Lipinski definition) is 4. The average Bonchev–Trinajstić information content (AvgIpc) is 3.23. The fraction of sp³-hybridized carbons (Fsp3) is 0.421. The maximum absolute atomic E-state index is 12.9. The summed E-state index contributed by atoms with van der Waals surface area (Å²) in [6, 6.07) is 4.32. The lowest BCUT2D eigenvalue weighted by molar-refractivity contribution is -0.142. The van der Waals surface area contributed by atoms with Crippen molar-refractivity contribution in [3.8, 4) is 0 Å². The topological polar surface area (TPSA) is 78.7 Å². The van der Waals surface area contributed by atoms with E-state index in [4.69, 9.17) is 0 Å². The number of halogens is 3. The summed E-state index contributed by atoms with van der Waals surface area (Å²) in [6.07, 6.45) is -3.15. The number of carboxylic acid groups (broad SMARTS) is 1. The molecule has 2 aliphatic heterocycles. The lowest BCUT2D eigenvalue weighted by atomic mass is 10.1. The van der Waals surface area contributed by atoms with Crippen LogP contribution in [-0.4, -0.2) is 44.0 Å². The molecule has 1 atom stereocenters. The molecule has 1 aromatic carbocycles. The monoisotopic (exact) mass is 408 g/mol. The highest BCUT2D eigenvalue weighted by Crippen LogP contribution is 2.32. The Morgan fingerprint density at radius 2 is 2.03 bits per heavy atom. The molecule has 0 spiro atoms. The van der Waals surface area contributed by atoms with Crippen molar-refractivity contribution in [2.24, 2.45) is 0 Å². The van der Waals surface area contributed by atoms with Crippen molar-refractivity contribution in [3.63, 3.8) is 0 Å². The molecule has 29 heavy (non-hydrogen) atoms. The van der Waals surface area contributed by atoms with Gasteiger partial charge in [-0.25, -0.2) is 9.78 Å². The Kier molecular flexibility index (Phi) is 4.51. The van der Waals surface area contributed by atoms with E-state index in [-0.39, 0.29) is 19.0 Å². The number of imidazole rings is 1. The van der Waals surface area contributed by atoms with E-state index in [9.17, 15) is 27.9 Å². The van der Waals surface area contributed by atoms with E-state index in [1.807, 2.05) is 11.0 Å². The number of nitrogens with zero attached hydrogens (tertiary/aromatic N) is 4. The van der Waals surface area contributed by atoms with E-state index < -0.39 is 23.9 Å². The van der Waals surface area contributed by atoms with Crippen LogP contribution in [0.3, 0.4) is 0 Å². The number of aromatic nitrogens is 2. The van der Waals surface area contributed by atoms with Gasteiger partial charge in [-0.15, -0.1) is 0 Å². The molecule has 0 saturated heterocycles. The summed E-state index contributed by atoms with van der Waals surface area (Å²) in [4.78, 5) is 31.0. The molecular formula is C19H19F3N4O3. The Bertz CT molecular complexity index is 986. The first-order valence-electron chi connectivity index (χ1n) is 9.24. The van der Waals surface area contributed by atoms with E-state index in [1.165, 1.54) is 9.47 Å². The number of aliphatic carboxylic acids is 1. The lowest BCUT2D eigenvalue weighted by Gasteiger charge is -2.29. The third-order valence-corrected chi connectivity index (χ3v) is 5.43. The van der Waals surface area contributed by atoms with Crippen molar-refractivity contribution in [2.75, 3.05) is 11.4 Å². The van der Waals surface area contributed by atoms with Gasteiger partial charge in [-0.2, -0.15) is 13.2 Å². The number of hydrogen-bond donors (Lipinski definition) is 1. The smallest absolute Gasteiger partial charge is 0.434 e. The lowest BCUT2D eigenvalue weighted by Crippen LogP contribution is -2.40. The number of benzene rings is 1. The minimum Gasteiger partial charge on any atom is -0.480 e. The van der Waals surface area contributed by atoms with Gasteiger partial charge in [-0.1, -0.05) is 6.92 Å². The van der Waals surface area contributed by atoms with Crippen LogP contribution in [0.1, 0.15) is 40.8 Å². The fourth-order valence-corrected chi connectivity index (χ4v) is 3.92. The fourth-order valence-electron chi connectivity index (χ4n) is 3.92. The molecule has 0 radical (unpaired) electrons. The van der Waals surface area contributed by atoms with Crippen molar-refractivity contribution < 1.29 is 27.9 Å². The standard InChI is InChI=1S/C19H19F3N4O3/c1-2-14(18(28)29)26-8-11-7-12(3-4-13(11)17(26)27)24-5-6-25-9-15(19(20,21)22)23-16(25)10-24/h3-4,7,9,14H,2,5-6,8,10H2,1H3,(H,28,29)/t14-/m0/s1. The third kappa shape index (κ3) is 3.32. The molecule has 0 aliphatic carbocycles. The molecule has 3 heterocycles. The van der Waals surface area contributed by atoms with Gasteiger partial charge in [0.15, 0.2) is 5.69 Å². The zero-order chi connectivity index (χ0) is 20.9. The van der Waals surface area contributed by atoms with Crippen LogP contribution in [0, 0.1) is 0 Å². The Morgan fingerprint density at radius 3 is 2.69 bits per heavy atom. The average molecular weight is 408 g/mol. The quantitative estimate of drug-likeness (QED) is 0.842. The van der Waals surface area contributed by atoms with Gasteiger partial charge in [-0.3, -0.25) is 4.79 Å². The Balaban J connectivity index is 1.56. The van der Waals surface area contributed by atoms with Crippen LogP contribution >= 0.6 is 0 Å². The highest BCUT2D eigenvalue weighted by Gasteiger charge is 2.37. The van der Waals surface area contributed by atoms with E-state index >= 15 is 0 Å². The van der Waals surface area contributed by atoms with Crippen molar-refractivity contribution in [3.05, 3.63) is 47.0 Å². The summed E-state index contributed by atoms with van der Waals surface area (Å²) in [7, 11) is 0. The van der Waals surface area contributed by atoms with Crippen molar-refractivity contribution >= 4 is 17.6 Å². The maximum Gasteiger partial charge on any atom is 0.434 e. The summed E-state index contributed by atoms with van der Waals surface area (Å²) in [6.45, 7) is 3.01. The SMILES string of the molecule is CC[C@@H](C(=O)O)N1Cc2cc(N3CCn4cc(C(F)(F)F)nc4C3)ccc2C1=O. The molecule has 1 amide bonds. The number of alkyl halides is 3. The third-order valence-electron chi connectivity index (χ3n) is 5.43. The van der Waals surface area contributed by atoms with Gasteiger partial charge in [-0.05, 0) is 30.2 Å². The zero-order valence-corrected chi connectivity index (χ0v) is 15.6. The second-order valence-electron chi connectivity index (χ2n) is 7.19. The number of carbonyl (C=O) groups is 2. The Morgan fingerprint density at radius 1 is 1.28 bits per heavy atom. The number of carboxylic acids is 1. The van der Waals surface area contributed by atoms with Gasteiger partial charge >= 0.3 is 12.1 Å². The predicted octanol–water partition coefficient (Wildman–Crippen LogP) is 2.74. The molecule has 154 valence electrons. The minimum atomic E-state index is -4.48. The molecular weight excluding hydrogens is 389 g/mol. The summed E-state index contributed by atoms with van der Waals surface area (Å²) >= 11 is 0. The number of anilines is 1. The van der Waals surface area contributed by atoms with Gasteiger partial charge < -0.3 is 19.5 Å². The molecule has 2 aliphatic rings. The van der Waals surface area contributed by atoms with Gasteiger partial charge in [0.2, 0.25) is 0 Å². The molecule has 0 bridgehead atoms. The molecule has 0 saturated carbocycles. The van der Waals surface area contributed by atoms with Gasteiger partial charge in [0.1, 0.15) is 11.9 Å². The molecule has 1 aromatic heterocycles. The second kappa shape index (κ2) is 6.78. The molecule has 2 aromatic rings. The van der Waals surface area contributed by atoms with Gasteiger partial charge in [0, 0.05) is 37.1 Å². The molecule has 0 unspecified atom stereocenters. The van der Waals surface area contributed by atoms with Crippen LogP contribution in [0.25, 0.3) is 0 Å². The molecule has 4 rings (SSSR count). The summed E-state index contributed by atoms with van der Waals surface area (Å²) in [5.74, 6) is -1.03. The molecule has 7 nitrogen and oxygen atoms in total. The molecule has 0 fully saturated rings. The first kappa shape index (κ1) is 19.3. The van der Waals surface area contributed by atoms with Crippen LogP contribution < -0.4 is 4.90 Å². The maximum atomic E-state index is 12.9. The summed E-state index contributed by atoms with van der Waals surface area (Å²) in [5.41, 5.74) is 1.05. The normalized spacial score (nSPS) is 17.3. The first-order valence-corrected chi connectivity index (χ1v) is 9.24. The van der Waals surface area contributed by atoms with Crippen LogP contribution in [0.5, 0.6) is 0 Å². The van der Waals surface area contributed by atoms with Crippen LogP contribution in [0.15, 0.2) is 24.4 Å². The predicted molar refractivity (Wildman–Crippen MR) is 96.3 cm³/mol. The van der Waals surface area contributed by atoms with Gasteiger partial charge in [0.05, 0.1) is 6.54 Å².